The summed E-state index contributed by atoms with van der Waals surface area (Å²) < 4.78 is 30.0. The maximum absolute atomic E-state index is 12.9. The van der Waals surface area contributed by atoms with E-state index in [4.69, 9.17) is 13.6 Å². The van der Waals surface area contributed by atoms with Crippen molar-refractivity contribution >= 4 is 21.8 Å². The third-order valence-corrected chi connectivity index (χ3v) is 4.94. The number of piperazine rings is 1. The van der Waals surface area contributed by atoms with Crippen molar-refractivity contribution in [1.82, 2.24) is 20.0 Å². The predicted molar refractivity (Wildman–Crippen MR) is 103 cm³/mol. The number of furan rings is 1. The molecule has 29 heavy (non-hydrogen) atoms. The molecule has 1 fully saturated rings. The second-order valence-electron chi connectivity index (χ2n) is 6.50. The molecular weight excluding hydrogens is 447 g/mol. The van der Waals surface area contributed by atoms with Crippen molar-refractivity contribution in [3.05, 3.63) is 52.8 Å². The summed E-state index contributed by atoms with van der Waals surface area (Å²) in [4.78, 5) is 16.2. The molecule has 1 aromatic carbocycles. The fourth-order valence-corrected chi connectivity index (χ4v) is 3.27. The molecule has 3 aromatic rings. The van der Waals surface area contributed by atoms with Crippen LogP contribution in [0.2, 0.25) is 0 Å². The largest absolute Gasteiger partial charge is 0.484 e. The van der Waals surface area contributed by atoms with Crippen LogP contribution >= 0.6 is 15.9 Å². The van der Waals surface area contributed by atoms with Crippen LogP contribution in [0.25, 0.3) is 11.7 Å². The number of amides is 1. The van der Waals surface area contributed by atoms with Crippen molar-refractivity contribution in [2.45, 2.75) is 6.54 Å². The molecule has 0 atom stereocenters. The number of carbonyl (C=O) groups excluding carboxylic acids is 1. The highest BCUT2D eigenvalue weighted by Crippen LogP contribution is 2.24. The second-order valence-corrected chi connectivity index (χ2v) is 7.29. The average molecular weight is 465 g/mol. The number of ether oxygens (including phenoxy) is 1. The van der Waals surface area contributed by atoms with Crippen molar-refractivity contribution in [3.8, 4) is 17.4 Å². The third-order valence-electron chi connectivity index (χ3n) is 4.51. The van der Waals surface area contributed by atoms with Gasteiger partial charge in [-0.3, -0.25) is 9.69 Å². The van der Waals surface area contributed by atoms with Gasteiger partial charge in [-0.25, -0.2) is 4.39 Å². The molecule has 0 bridgehead atoms. The number of carbonyl (C=O) groups is 1. The van der Waals surface area contributed by atoms with Crippen molar-refractivity contribution < 1.29 is 22.8 Å². The van der Waals surface area contributed by atoms with E-state index in [2.05, 4.69) is 31.0 Å². The van der Waals surface area contributed by atoms with E-state index in [-0.39, 0.29) is 18.3 Å². The van der Waals surface area contributed by atoms with E-state index in [1.807, 2.05) is 0 Å². The highest BCUT2D eigenvalue weighted by atomic mass is 79.9. The minimum atomic E-state index is -0.342. The molecule has 0 aliphatic carbocycles. The number of benzene rings is 1. The molecule has 0 N–H and O–H groups in total. The zero-order valence-corrected chi connectivity index (χ0v) is 17.0. The summed E-state index contributed by atoms with van der Waals surface area (Å²) >= 11 is 3.24. The number of halogens is 2. The minimum absolute atomic E-state index is 0.0721. The van der Waals surface area contributed by atoms with Gasteiger partial charge in [0.25, 0.3) is 11.8 Å². The Bertz CT molecular complexity index is 967. The zero-order chi connectivity index (χ0) is 20.2. The van der Waals surface area contributed by atoms with Crippen LogP contribution in [-0.2, 0) is 11.3 Å². The Morgan fingerprint density at radius 3 is 2.52 bits per heavy atom. The monoisotopic (exact) mass is 464 g/mol. The van der Waals surface area contributed by atoms with Gasteiger partial charge in [0.05, 0.1) is 6.54 Å². The molecule has 152 valence electrons. The molecule has 0 radical (unpaired) electrons. The fourth-order valence-electron chi connectivity index (χ4n) is 2.96. The van der Waals surface area contributed by atoms with E-state index >= 15 is 0 Å². The summed E-state index contributed by atoms with van der Waals surface area (Å²) in [5.41, 5.74) is 0. The molecule has 1 saturated heterocycles. The molecular formula is C19H18BrFN4O4. The molecule has 8 nitrogen and oxygen atoms in total. The molecule has 1 aliphatic heterocycles. The first-order chi connectivity index (χ1) is 14.1. The Kier molecular flexibility index (Phi) is 5.91. The van der Waals surface area contributed by atoms with Gasteiger partial charge in [0.2, 0.25) is 5.89 Å². The second kappa shape index (κ2) is 8.75. The molecule has 1 aliphatic rings. The lowest BCUT2D eigenvalue weighted by molar-refractivity contribution is -0.135. The van der Waals surface area contributed by atoms with Crippen LogP contribution in [0.5, 0.6) is 5.75 Å². The quantitative estimate of drug-likeness (QED) is 0.554. The molecule has 2 aromatic heterocycles. The van der Waals surface area contributed by atoms with Gasteiger partial charge in [-0.15, -0.1) is 10.2 Å². The van der Waals surface area contributed by atoms with Crippen LogP contribution in [0.15, 0.2) is 49.9 Å². The van der Waals surface area contributed by atoms with Gasteiger partial charge in [-0.2, -0.15) is 0 Å². The Labute approximate surface area is 174 Å². The zero-order valence-electron chi connectivity index (χ0n) is 15.4. The number of hydrogen-bond acceptors (Lipinski definition) is 7. The number of hydrogen-bond donors (Lipinski definition) is 0. The topological polar surface area (TPSA) is 84.8 Å². The Hall–Kier alpha value is -2.72. The van der Waals surface area contributed by atoms with Crippen molar-refractivity contribution in [3.63, 3.8) is 0 Å². The standard InChI is InChI=1S/C19H18BrFN4O4/c20-16-6-5-15(28-16)19-23-22-17(29-19)11-24-7-9-25(10-8-24)18(26)12-27-14-3-1-13(21)2-4-14/h1-6H,7-12H2. The summed E-state index contributed by atoms with van der Waals surface area (Å²) in [5.74, 6) is 1.36. The predicted octanol–water partition coefficient (Wildman–Crippen LogP) is 2.95. The van der Waals surface area contributed by atoms with Crippen molar-refractivity contribution in [1.29, 1.82) is 0 Å². The third kappa shape index (κ3) is 5.01. The average Bonchev–Trinajstić information content (AvgIpc) is 3.37. The van der Waals surface area contributed by atoms with Gasteiger partial charge < -0.3 is 18.5 Å². The smallest absolute Gasteiger partial charge is 0.283 e. The lowest BCUT2D eigenvalue weighted by Crippen LogP contribution is -2.49. The Balaban J connectivity index is 1.23. The van der Waals surface area contributed by atoms with E-state index in [0.29, 0.717) is 60.7 Å². The normalized spacial score (nSPS) is 14.9. The van der Waals surface area contributed by atoms with Gasteiger partial charge in [-0.1, -0.05) is 0 Å². The van der Waals surface area contributed by atoms with Crippen molar-refractivity contribution in [2.75, 3.05) is 32.8 Å². The first kappa shape index (κ1) is 19.6. The fraction of sp³-hybridized carbons (Fsp3) is 0.316. The van der Waals surface area contributed by atoms with Crippen LogP contribution in [0, 0.1) is 5.82 Å². The summed E-state index contributed by atoms with van der Waals surface area (Å²) in [6.45, 7) is 2.97. The lowest BCUT2D eigenvalue weighted by Gasteiger charge is -2.33. The SMILES string of the molecule is O=C(COc1ccc(F)cc1)N1CCN(Cc2nnc(-c3ccc(Br)o3)o2)CC1. The van der Waals surface area contributed by atoms with Crippen LogP contribution in [0.1, 0.15) is 5.89 Å². The van der Waals surface area contributed by atoms with E-state index in [9.17, 15) is 9.18 Å². The number of aromatic nitrogens is 2. The minimum Gasteiger partial charge on any atom is -0.484 e. The molecule has 0 spiro atoms. The Morgan fingerprint density at radius 1 is 1.07 bits per heavy atom. The molecule has 10 heteroatoms. The summed E-state index contributed by atoms with van der Waals surface area (Å²) in [7, 11) is 0. The molecule has 3 heterocycles. The molecule has 0 saturated carbocycles. The first-order valence-electron chi connectivity index (χ1n) is 9.03. The molecule has 1 amide bonds. The number of nitrogens with zero attached hydrogens (tertiary/aromatic N) is 4. The number of rotatable bonds is 6. The van der Waals surface area contributed by atoms with Crippen LogP contribution in [0.3, 0.4) is 0 Å². The van der Waals surface area contributed by atoms with E-state index in [1.54, 1.807) is 17.0 Å². The lowest BCUT2D eigenvalue weighted by atomic mass is 10.3. The first-order valence-corrected chi connectivity index (χ1v) is 9.83. The van der Waals surface area contributed by atoms with Crippen molar-refractivity contribution in [2.24, 2.45) is 0 Å². The molecule has 4 rings (SSSR count). The van der Waals surface area contributed by atoms with Gasteiger partial charge in [0.15, 0.2) is 17.0 Å². The summed E-state index contributed by atoms with van der Waals surface area (Å²) in [6, 6.07) is 9.11. The van der Waals surface area contributed by atoms with Crippen LogP contribution < -0.4 is 4.74 Å². The van der Waals surface area contributed by atoms with Crippen LogP contribution in [-0.4, -0.2) is 58.7 Å². The molecule has 0 unspecified atom stereocenters. The van der Waals surface area contributed by atoms with E-state index < -0.39 is 0 Å². The van der Waals surface area contributed by atoms with Gasteiger partial charge >= 0.3 is 0 Å². The van der Waals surface area contributed by atoms with Gasteiger partial charge in [0.1, 0.15) is 11.6 Å². The Morgan fingerprint density at radius 2 is 1.83 bits per heavy atom. The maximum Gasteiger partial charge on any atom is 0.283 e. The summed E-state index contributed by atoms with van der Waals surface area (Å²) in [6.07, 6.45) is 0. The van der Waals surface area contributed by atoms with Gasteiger partial charge in [0, 0.05) is 26.2 Å². The highest BCUT2D eigenvalue weighted by Gasteiger charge is 2.23. The summed E-state index contributed by atoms with van der Waals surface area (Å²) in [5, 5.41) is 8.06. The van der Waals surface area contributed by atoms with E-state index in [1.165, 1.54) is 24.3 Å². The van der Waals surface area contributed by atoms with Crippen LogP contribution in [0.4, 0.5) is 4.39 Å². The van der Waals surface area contributed by atoms with Gasteiger partial charge in [-0.05, 0) is 52.3 Å². The highest BCUT2D eigenvalue weighted by molar-refractivity contribution is 9.10. The van der Waals surface area contributed by atoms with E-state index in [0.717, 1.165) is 0 Å². The maximum atomic E-state index is 12.9.